The first kappa shape index (κ1) is 37.8. The van der Waals surface area contributed by atoms with Gasteiger partial charge in [-0.15, -0.1) is 0 Å². The van der Waals surface area contributed by atoms with Gasteiger partial charge in [0.05, 0.1) is 27.3 Å². The van der Waals surface area contributed by atoms with Crippen LogP contribution >= 0.6 is 11.6 Å². The Kier molecular flexibility index (Phi) is 10.5. The molecule has 0 spiro atoms. The molecule has 9 rings (SSSR count). The molecule has 0 saturated heterocycles. The van der Waals surface area contributed by atoms with Gasteiger partial charge < -0.3 is 10.4 Å². The number of aliphatic hydroxyl groups excluding tert-OH is 1. The zero-order chi connectivity index (χ0) is 39.6. The highest BCUT2D eigenvalue weighted by Crippen LogP contribution is 2.33. The third-order valence-corrected chi connectivity index (χ3v) is 13.0. The maximum Gasteiger partial charge on any atom is 0.269 e. The molecule has 2 N–H and O–H groups in total. The molecule has 17 heteroatoms. The van der Waals surface area contributed by atoms with Crippen LogP contribution < -0.4 is 5.32 Å². The molecule has 0 unspecified atom stereocenters. The Morgan fingerprint density at radius 1 is 0.579 bits per heavy atom. The number of hydrogen-bond acceptors (Lipinski definition) is 12. The van der Waals surface area contributed by atoms with Gasteiger partial charge in [-0.05, 0) is 97.9 Å². The van der Waals surface area contributed by atoms with Crippen molar-refractivity contribution in [3.05, 3.63) is 140 Å². The Morgan fingerprint density at radius 2 is 1.07 bits per heavy atom. The zero-order valence-electron chi connectivity index (χ0n) is 30.0. The molecule has 2 aromatic carbocycles. The average Bonchev–Trinajstić information content (AvgIpc) is 3.84. The molecule has 0 amide bonds. The summed E-state index contributed by atoms with van der Waals surface area (Å²) in [6.07, 6.45) is 12.4. The van der Waals surface area contributed by atoms with E-state index in [4.69, 9.17) is 11.6 Å². The number of aliphatic hydroxyl groups is 1. The first-order valence-electron chi connectivity index (χ1n) is 17.9. The van der Waals surface area contributed by atoms with E-state index in [1.807, 2.05) is 6.07 Å². The third kappa shape index (κ3) is 7.72. The fraction of sp³-hybridized carbons (Fsp3) is 0.150. The summed E-state index contributed by atoms with van der Waals surface area (Å²) >= 11 is 5.88. The van der Waals surface area contributed by atoms with Crippen LogP contribution in [0.15, 0.2) is 144 Å². The lowest BCUT2D eigenvalue weighted by Gasteiger charge is -2.26. The highest BCUT2D eigenvalue weighted by Gasteiger charge is 2.25. The van der Waals surface area contributed by atoms with Crippen LogP contribution in [0.1, 0.15) is 25.7 Å². The van der Waals surface area contributed by atoms with Gasteiger partial charge in [0.2, 0.25) is 11.2 Å². The number of rotatable bonds is 8. The van der Waals surface area contributed by atoms with Crippen molar-refractivity contribution in [3.8, 4) is 22.5 Å². The van der Waals surface area contributed by atoms with Crippen molar-refractivity contribution in [3.63, 3.8) is 0 Å². The zero-order valence-corrected chi connectivity index (χ0v) is 32.4. The Bertz CT molecular complexity index is 2920. The molecular formula is C40H34ClN9O5S2. The minimum Gasteiger partial charge on any atom is -0.393 e. The van der Waals surface area contributed by atoms with Crippen LogP contribution in [0.5, 0.6) is 0 Å². The minimum absolute atomic E-state index is 0.0909. The Morgan fingerprint density at radius 3 is 1.58 bits per heavy atom. The summed E-state index contributed by atoms with van der Waals surface area (Å²) in [6.45, 7) is 0. The van der Waals surface area contributed by atoms with Gasteiger partial charge in [0.15, 0.2) is 11.3 Å². The molecule has 1 aliphatic rings. The smallest absolute Gasteiger partial charge is 0.269 e. The molecule has 6 aromatic heterocycles. The lowest BCUT2D eigenvalue weighted by molar-refractivity contribution is 0.126. The molecule has 1 aliphatic carbocycles. The van der Waals surface area contributed by atoms with Gasteiger partial charge in [0.1, 0.15) is 0 Å². The van der Waals surface area contributed by atoms with E-state index in [0.29, 0.717) is 50.5 Å². The van der Waals surface area contributed by atoms with E-state index in [1.165, 1.54) is 20.3 Å². The van der Waals surface area contributed by atoms with E-state index in [9.17, 15) is 21.9 Å². The van der Waals surface area contributed by atoms with Crippen LogP contribution in [-0.4, -0.2) is 71.9 Å². The number of pyridine rings is 2. The van der Waals surface area contributed by atoms with E-state index < -0.39 is 20.0 Å². The second-order valence-corrected chi connectivity index (χ2v) is 17.2. The first-order chi connectivity index (χ1) is 27.6. The van der Waals surface area contributed by atoms with Crippen LogP contribution in [-0.2, 0) is 20.0 Å². The Hall–Kier alpha value is -6.07. The van der Waals surface area contributed by atoms with E-state index >= 15 is 0 Å². The largest absolute Gasteiger partial charge is 0.393 e. The fourth-order valence-electron chi connectivity index (χ4n) is 6.71. The molecule has 0 radical (unpaired) electrons. The molecule has 57 heavy (non-hydrogen) atoms. The molecule has 14 nitrogen and oxygen atoms in total. The number of aromatic nitrogens is 8. The standard InChI is InChI=1S/C23H23N5O3S.C17H11ClN4O2S/c29-17-10-8-16(9-11-17)26-23-25-14-12-21(27-23)20-15-28(22-19(20)7-4-13-24-22)32(30,31)18-5-2-1-3-6-18;18-17-20-10-8-15(21-17)14-11-22(16-13(14)7-4-9-19-16)25(23,24)12-5-2-1-3-6-12/h1-7,12-17,29H,8-11H2,(H,25,26,27);1-11H. The van der Waals surface area contributed by atoms with Crippen LogP contribution in [0.3, 0.4) is 0 Å². The molecule has 0 atom stereocenters. The van der Waals surface area contributed by atoms with Crippen molar-refractivity contribution >= 4 is 59.7 Å². The lowest BCUT2D eigenvalue weighted by atomic mass is 9.93. The summed E-state index contributed by atoms with van der Waals surface area (Å²) in [4.78, 5) is 26.0. The van der Waals surface area contributed by atoms with Gasteiger partial charge in [-0.2, -0.15) is 0 Å². The maximum atomic E-state index is 13.3. The van der Waals surface area contributed by atoms with Crippen molar-refractivity contribution in [1.29, 1.82) is 0 Å². The van der Waals surface area contributed by atoms with Crippen molar-refractivity contribution in [2.75, 3.05) is 5.32 Å². The van der Waals surface area contributed by atoms with Gasteiger partial charge in [-0.1, -0.05) is 36.4 Å². The monoisotopic (exact) mass is 819 g/mol. The summed E-state index contributed by atoms with van der Waals surface area (Å²) in [5.74, 6) is 0.486. The van der Waals surface area contributed by atoms with Crippen LogP contribution in [0.4, 0.5) is 5.95 Å². The molecule has 0 aliphatic heterocycles. The Balaban J connectivity index is 0.000000165. The number of halogens is 1. The molecule has 6 heterocycles. The average molecular weight is 820 g/mol. The molecule has 1 saturated carbocycles. The van der Waals surface area contributed by atoms with E-state index in [-0.39, 0.29) is 27.2 Å². The normalized spacial score (nSPS) is 15.9. The minimum atomic E-state index is -3.82. The highest BCUT2D eigenvalue weighted by atomic mass is 35.5. The van der Waals surface area contributed by atoms with Crippen LogP contribution in [0.2, 0.25) is 5.28 Å². The van der Waals surface area contributed by atoms with Crippen molar-refractivity contribution in [2.45, 2.75) is 47.6 Å². The van der Waals surface area contributed by atoms with Gasteiger partial charge in [0.25, 0.3) is 20.0 Å². The quantitative estimate of drug-likeness (QED) is 0.152. The van der Waals surface area contributed by atoms with Crippen molar-refractivity contribution in [1.82, 2.24) is 37.8 Å². The maximum absolute atomic E-state index is 13.3. The van der Waals surface area contributed by atoms with E-state index in [2.05, 4.69) is 35.2 Å². The second-order valence-electron chi connectivity index (χ2n) is 13.2. The van der Waals surface area contributed by atoms with Crippen LogP contribution in [0.25, 0.3) is 44.6 Å². The molecule has 1 fully saturated rings. The molecule has 288 valence electrons. The number of nitrogens with one attached hydrogen (secondary N) is 1. The summed E-state index contributed by atoms with van der Waals surface area (Å²) in [5.41, 5.74) is 3.10. The fourth-order valence-corrected chi connectivity index (χ4v) is 9.55. The Labute approximate surface area is 333 Å². The van der Waals surface area contributed by atoms with Crippen molar-refractivity contribution < 1.29 is 21.9 Å². The number of benzene rings is 2. The molecule has 0 bridgehead atoms. The topological polar surface area (TPSA) is 188 Å². The van der Waals surface area contributed by atoms with Crippen LogP contribution in [0, 0.1) is 0 Å². The van der Waals surface area contributed by atoms with Gasteiger partial charge in [-0.25, -0.2) is 54.7 Å². The lowest BCUT2D eigenvalue weighted by Crippen LogP contribution is -2.28. The number of hydrogen-bond donors (Lipinski definition) is 2. The summed E-state index contributed by atoms with van der Waals surface area (Å²) in [5, 5.41) is 14.5. The predicted molar refractivity (Wildman–Crippen MR) is 216 cm³/mol. The third-order valence-electron chi connectivity index (χ3n) is 9.53. The van der Waals surface area contributed by atoms with E-state index in [1.54, 1.807) is 116 Å². The number of fused-ring (bicyclic) bond motifs is 2. The number of anilines is 1. The molecular weight excluding hydrogens is 786 g/mol. The highest BCUT2D eigenvalue weighted by molar-refractivity contribution is 7.90. The summed E-state index contributed by atoms with van der Waals surface area (Å²) < 4.78 is 55.0. The SMILES string of the molecule is O=S(=O)(c1ccccc1)n1cc(-c2ccnc(Cl)n2)c2cccnc21.O=S(=O)(c1ccccc1)n1cc(-c2ccnc(NC3CCC(O)CC3)n2)c2cccnc21. The molecule has 8 aromatic rings. The predicted octanol–water partition coefficient (Wildman–Crippen LogP) is 6.83. The van der Waals surface area contributed by atoms with Gasteiger partial charge >= 0.3 is 0 Å². The number of nitrogens with zero attached hydrogens (tertiary/aromatic N) is 8. The summed E-state index contributed by atoms with van der Waals surface area (Å²) in [6, 6.07) is 27.3. The van der Waals surface area contributed by atoms with Gasteiger partial charge in [0, 0.05) is 65.1 Å². The second kappa shape index (κ2) is 15.8. The van der Waals surface area contributed by atoms with Gasteiger partial charge in [-0.3, -0.25) is 0 Å². The van der Waals surface area contributed by atoms with Crippen molar-refractivity contribution in [2.24, 2.45) is 0 Å². The van der Waals surface area contributed by atoms with E-state index in [0.717, 1.165) is 25.7 Å². The first-order valence-corrected chi connectivity index (χ1v) is 21.2. The summed E-state index contributed by atoms with van der Waals surface area (Å²) in [7, 11) is -7.60.